The molecule has 1 aromatic heterocycles. The summed E-state index contributed by atoms with van der Waals surface area (Å²) < 4.78 is 11.3. The molecule has 2 aliphatic heterocycles. The van der Waals surface area contributed by atoms with E-state index in [0.29, 0.717) is 24.1 Å². The maximum Gasteiger partial charge on any atom is 0.289 e. The molecule has 2 aliphatic rings. The minimum absolute atomic E-state index is 0.112. The predicted molar refractivity (Wildman–Crippen MR) is 109 cm³/mol. The summed E-state index contributed by atoms with van der Waals surface area (Å²) in [5.41, 5.74) is 2.81. The smallest absolute Gasteiger partial charge is 0.289 e. The van der Waals surface area contributed by atoms with Crippen LogP contribution in [0.3, 0.4) is 0 Å². The highest BCUT2D eigenvalue weighted by Gasteiger charge is 2.25. The van der Waals surface area contributed by atoms with Gasteiger partial charge in [0.1, 0.15) is 11.3 Å². The maximum atomic E-state index is 12.8. The summed E-state index contributed by atoms with van der Waals surface area (Å²) in [5.74, 6) is 0.893. The van der Waals surface area contributed by atoms with Crippen molar-refractivity contribution in [2.75, 3.05) is 32.8 Å². The van der Waals surface area contributed by atoms with Crippen molar-refractivity contribution in [1.82, 2.24) is 9.80 Å². The van der Waals surface area contributed by atoms with Gasteiger partial charge in [-0.05, 0) is 29.3 Å². The molecule has 0 radical (unpaired) electrons. The molecule has 0 unspecified atom stereocenters. The maximum absolute atomic E-state index is 12.8. The second kappa shape index (κ2) is 7.37. The average molecular weight is 390 g/mol. The fourth-order valence-corrected chi connectivity index (χ4v) is 4.07. The molecule has 0 spiro atoms. The van der Waals surface area contributed by atoms with E-state index in [1.165, 1.54) is 17.2 Å². The van der Waals surface area contributed by atoms with Gasteiger partial charge in [0, 0.05) is 45.2 Å². The Morgan fingerprint density at radius 1 is 1.00 bits per heavy atom. The van der Waals surface area contributed by atoms with Gasteiger partial charge >= 0.3 is 0 Å². The van der Waals surface area contributed by atoms with Crippen LogP contribution < -0.4 is 10.2 Å². The first kappa shape index (κ1) is 17.9. The summed E-state index contributed by atoms with van der Waals surface area (Å²) in [5, 5.41) is 0.494. The van der Waals surface area contributed by atoms with E-state index in [-0.39, 0.29) is 17.1 Å². The Morgan fingerprint density at radius 2 is 1.83 bits per heavy atom. The zero-order valence-corrected chi connectivity index (χ0v) is 16.1. The normalized spacial score (nSPS) is 16.6. The number of carbonyl (C=O) groups is 1. The van der Waals surface area contributed by atoms with E-state index in [0.717, 1.165) is 38.4 Å². The number of amides is 1. The van der Waals surface area contributed by atoms with Gasteiger partial charge < -0.3 is 14.1 Å². The zero-order valence-electron chi connectivity index (χ0n) is 16.1. The van der Waals surface area contributed by atoms with Crippen molar-refractivity contribution in [3.63, 3.8) is 0 Å². The molecule has 1 fully saturated rings. The number of ether oxygens (including phenoxy) is 1. The van der Waals surface area contributed by atoms with E-state index in [9.17, 15) is 9.59 Å². The largest absolute Gasteiger partial charge is 0.493 e. The quantitative estimate of drug-likeness (QED) is 0.688. The van der Waals surface area contributed by atoms with Crippen LogP contribution in [0.1, 0.15) is 21.7 Å². The number of benzene rings is 2. The molecular weight excluding hydrogens is 368 g/mol. The number of hydrogen-bond donors (Lipinski definition) is 0. The molecule has 1 amide bonds. The van der Waals surface area contributed by atoms with Crippen molar-refractivity contribution in [1.29, 1.82) is 0 Å². The third-order valence-electron chi connectivity index (χ3n) is 5.66. The van der Waals surface area contributed by atoms with Crippen molar-refractivity contribution < 1.29 is 13.9 Å². The highest BCUT2D eigenvalue weighted by molar-refractivity contribution is 5.93. The van der Waals surface area contributed by atoms with Gasteiger partial charge in [-0.25, -0.2) is 0 Å². The molecule has 0 N–H and O–H groups in total. The minimum atomic E-state index is -0.220. The SMILES string of the molecule is O=C(c1cc(=O)c2ccccc2o1)N1CCN(Cc2ccc3c(c2)CCO3)CC1. The Bertz CT molecular complexity index is 1130. The molecule has 148 valence electrons. The average Bonchev–Trinajstić information content (AvgIpc) is 3.22. The summed E-state index contributed by atoms with van der Waals surface area (Å²) >= 11 is 0. The fourth-order valence-electron chi connectivity index (χ4n) is 4.07. The van der Waals surface area contributed by atoms with E-state index >= 15 is 0 Å². The second-order valence-corrected chi connectivity index (χ2v) is 7.58. The number of para-hydroxylation sites is 1. The number of rotatable bonds is 3. The molecule has 0 atom stereocenters. The third kappa shape index (κ3) is 3.51. The first-order valence-electron chi connectivity index (χ1n) is 9.96. The first-order chi connectivity index (χ1) is 14.2. The van der Waals surface area contributed by atoms with Gasteiger partial charge in [0.15, 0.2) is 11.2 Å². The lowest BCUT2D eigenvalue weighted by Crippen LogP contribution is -2.48. The third-order valence-corrected chi connectivity index (χ3v) is 5.66. The highest BCUT2D eigenvalue weighted by atomic mass is 16.5. The molecule has 2 aromatic carbocycles. The van der Waals surface area contributed by atoms with Crippen molar-refractivity contribution in [3.8, 4) is 5.75 Å². The minimum Gasteiger partial charge on any atom is -0.493 e. The van der Waals surface area contributed by atoms with E-state index in [1.54, 1.807) is 29.2 Å². The standard InChI is InChI=1S/C23H22N2O4/c26-19-14-22(29-21-4-2-1-3-18(19)21)23(27)25-10-8-24(9-11-25)15-16-5-6-20-17(13-16)7-12-28-20/h1-6,13-14H,7-12,15H2. The molecule has 0 aliphatic carbocycles. The molecule has 3 aromatic rings. The zero-order chi connectivity index (χ0) is 19.8. The van der Waals surface area contributed by atoms with Gasteiger partial charge in [0.25, 0.3) is 5.91 Å². The summed E-state index contributed by atoms with van der Waals surface area (Å²) in [7, 11) is 0. The van der Waals surface area contributed by atoms with Crippen molar-refractivity contribution in [3.05, 3.63) is 75.6 Å². The van der Waals surface area contributed by atoms with Crippen LogP contribution in [0.4, 0.5) is 0 Å². The molecule has 29 heavy (non-hydrogen) atoms. The van der Waals surface area contributed by atoms with E-state index in [2.05, 4.69) is 23.1 Å². The van der Waals surface area contributed by atoms with Gasteiger partial charge in [0.2, 0.25) is 0 Å². The van der Waals surface area contributed by atoms with Crippen LogP contribution in [0, 0.1) is 0 Å². The Kier molecular flexibility index (Phi) is 4.56. The molecule has 6 nitrogen and oxygen atoms in total. The van der Waals surface area contributed by atoms with Gasteiger partial charge in [-0.15, -0.1) is 0 Å². The second-order valence-electron chi connectivity index (χ2n) is 7.58. The Balaban J connectivity index is 1.24. The van der Waals surface area contributed by atoms with Gasteiger partial charge in [0.05, 0.1) is 12.0 Å². The summed E-state index contributed by atoms with van der Waals surface area (Å²) in [6.07, 6.45) is 0.975. The van der Waals surface area contributed by atoms with Crippen LogP contribution in [0.5, 0.6) is 5.75 Å². The molecular formula is C23H22N2O4. The van der Waals surface area contributed by atoms with Gasteiger partial charge in [-0.1, -0.05) is 24.3 Å². The van der Waals surface area contributed by atoms with E-state index < -0.39 is 0 Å². The van der Waals surface area contributed by atoms with Crippen LogP contribution in [0.25, 0.3) is 11.0 Å². The number of piperazine rings is 1. The summed E-state index contributed by atoms with van der Waals surface area (Å²) in [6.45, 7) is 4.44. The molecule has 0 bridgehead atoms. The molecule has 1 saturated heterocycles. The van der Waals surface area contributed by atoms with Gasteiger partial charge in [-0.2, -0.15) is 0 Å². The summed E-state index contributed by atoms with van der Waals surface area (Å²) in [6, 6.07) is 14.7. The number of hydrogen-bond acceptors (Lipinski definition) is 5. The van der Waals surface area contributed by atoms with E-state index in [4.69, 9.17) is 9.15 Å². The Labute approximate surface area is 168 Å². The van der Waals surface area contributed by atoms with Crippen LogP contribution in [-0.4, -0.2) is 48.5 Å². The lowest BCUT2D eigenvalue weighted by atomic mass is 10.1. The molecule has 5 rings (SSSR count). The molecule has 0 saturated carbocycles. The molecule has 6 heteroatoms. The Morgan fingerprint density at radius 3 is 2.69 bits per heavy atom. The monoisotopic (exact) mass is 390 g/mol. The van der Waals surface area contributed by atoms with Crippen LogP contribution >= 0.6 is 0 Å². The van der Waals surface area contributed by atoms with Gasteiger partial charge in [-0.3, -0.25) is 14.5 Å². The lowest BCUT2D eigenvalue weighted by Gasteiger charge is -2.34. The van der Waals surface area contributed by atoms with Crippen LogP contribution in [0.15, 0.2) is 57.7 Å². The highest BCUT2D eigenvalue weighted by Crippen LogP contribution is 2.26. The number of carbonyl (C=O) groups excluding carboxylic acids is 1. The lowest BCUT2D eigenvalue weighted by molar-refractivity contribution is 0.0598. The predicted octanol–water partition coefficient (Wildman–Crippen LogP) is 2.69. The summed E-state index contributed by atoms with van der Waals surface area (Å²) in [4.78, 5) is 29.2. The van der Waals surface area contributed by atoms with Crippen molar-refractivity contribution >= 4 is 16.9 Å². The van der Waals surface area contributed by atoms with Crippen molar-refractivity contribution in [2.24, 2.45) is 0 Å². The fraction of sp³-hybridized carbons (Fsp3) is 0.304. The van der Waals surface area contributed by atoms with Crippen LogP contribution in [-0.2, 0) is 13.0 Å². The topological polar surface area (TPSA) is 63.0 Å². The first-order valence-corrected chi connectivity index (χ1v) is 9.96. The Hall–Kier alpha value is -3.12. The van der Waals surface area contributed by atoms with Crippen LogP contribution in [0.2, 0.25) is 0 Å². The number of fused-ring (bicyclic) bond motifs is 2. The van der Waals surface area contributed by atoms with E-state index in [1.807, 2.05) is 0 Å². The molecule has 3 heterocycles. The van der Waals surface area contributed by atoms with Crippen molar-refractivity contribution in [2.45, 2.75) is 13.0 Å². The number of nitrogens with zero attached hydrogens (tertiary/aromatic N) is 2.